The molecule has 0 spiro atoms. The first-order valence-corrected chi connectivity index (χ1v) is 5.64. The van der Waals surface area contributed by atoms with Crippen molar-refractivity contribution < 1.29 is 4.74 Å². The van der Waals surface area contributed by atoms with Gasteiger partial charge in [-0.3, -0.25) is 0 Å². The standard InChI is InChI=1S/C8H10BrNOS/c9-7-5-12-4-6(7)8-3-11-2-1-10-8/h4-5,8,10H,1-3H2/t8-/m0/s1. The van der Waals surface area contributed by atoms with Crippen molar-refractivity contribution in [3.05, 3.63) is 20.8 Å². The fourth-order valence-electron chi connectivity index (χ4n) is 1.31. The second-order valence-corrected chi connectivity index (χ2v) is 4.35. The molecule has 1 aromatic rings. The van der Waals surface area contributed by atoms with Crippen molar-refractivity contribution in [2.24, 2.45) is 0 Å². The molecule has 2 nitrogen and oxygen atoms in total. The highest BCUT2D eigenvalue weighted by Crippen LogP contribution is 2.28. The monoisotopic (exact) mass is 247 g/mol. The zero-order valence-electron chi connectivity index (χ0n) is 6.55. The lowest BCUT2D eigenvalue weighted by atomic mass is 10.1. The molecule has 1 fully saturated rings. The molecule has 2 heterocycles. The van der Waals surface area contributed by atoms with Crippen LogP contribution >= 0.6 is 27.3 Å². The van der Waals surface area contributed by atoms with E-state index >= 15 is 0 Å². The van der Waals surface area contributed by atoms with Crippen molar-refractivity contribution in [2.45, 2.75) is 6.04 Å². The van der Waals surface area contributed by atoms with E-state index in [9.17, 15) is 0 Å². The van der Waals surface area contributed by atoms with Gasteiger partial charge in [-0.2, -0.15) is 11.3 Å². The molecule has 1 N–H and O–H groups in total. The molecule has 0 radical (unpaired) electrons. The lowest BCUT2D eigenvalue weighted by Crippen LogP contribution is -2.34. The normalized spacial score (nSPS) is 24.2. The topological polar surface area (TPSA) is 21.3 Å². The first-order valence-electron chi connectivity index (χ1n) is 3.90. The van der Waals surface area contributed by atoms with Gasteiger partial charge in [-0.05, 0) is 26.9 Å². The number of nitrogens with one attached hydrogen (secondary N) is 1. The van der Waals surface area contributed by atoms with E-state index in [-0.39, 0.29) is 0 Å². The van der Waals surface area contributed by atoms with Crippen molar-refractivity contribution in [3.8, 4) is 0 Å². The summed E-state index contributed by atoms with van der Waals surface area (Å²) in [5, 5.41) is 7.68. The smallest absolute Gasteiger partial charge is 0.0662 e. The van der Waals surface area contributed by atoms with Gasteiger partial charge >= 0.3 is 0 Å². The summed E-state index contributed by atoms with van der Waals surface area (Å²) in [5.74, 6) is 0. The van der Waals surface area contributed by atoms with Crippen LogP contribution in [0.5, 0.6) is 0 Å². The minimum Gasteiger partial charge on any atom is -0.378 e. The number of hydrogen-bond acceptors (Lipinski definition) is 3. The summed E-state index contributed by atoms with van der Waals surface area (Å²) >= 11 is 5.23. The second kappa shape index (κ2) is 3.87. The Morgan fingerprint density at radius 3 is 3.08 bits per heavy atom. The molecule has 2 rings (SSSR count). The van der Waals surface area contributed by atoms with Gasteiger partial charge in [0, 0.05) is 16.4 Å². The van der Waals surface area contributed by atoms with Crippen LogP contribution in [0.15, 0.2) is 15.2 Å². The summed E-state index contributed by atoms with van der Waals surface area (Å²) in [5.41, 5.74) is 1.32. The fourth-order valence-corrected chi connectivity index (χ4v) is 2.93. The van der Waals surface area contributed by atoms with Gasteiger partial charge in [0.2, 0.25) is 0 Å². The van der Waals surface area contributed by atoms with Crippen molar-refractivity contribution >= 4 is 27.3 Å². The van der Waals surface area contributed by atoms with Crippen molar-refractivity contribution in [3.63, 3.8) is 0 Å². The minimum absolute atomic E-state index is 0.374. The Morgan fingerprint density at radius 1 is 1.58 bits per heavy atom. The minimum atomic E-state index is 0.374. The third kappa shape index (κ3) is 1.71. The summed E-state index contributed by atoms with van der Waals surface area (Å²) in [6.07, 6.45) is 0. The van der Waals surface area contributed by atoms with Crippen LogP contribution in [0.3, 0.4) is 0 Å². The van der Waals surface area contributed by atoms with Crippen LogP contribution in [0.25, 0.3) is 0 Å². The van der Waals surface area contributed by atoms with Crippen LogP contribution in [0, 0.1) is 0 Å². The van der Waals surface area contributed by atoms with Crippen molar-refractivity contribution in [2.75, 3.05) is 19.8 Å². The fraction of sp³-hybridized carbons (Fsp3) is 0.500. The van der Waals surface area contributed by atoms with E-state index in [2.05, 4.69) is 32.0 Å². The summed E-state index contributed by atoms with van der Waals surface area (Å²) in [6.45, 7) is 2.57. The van der Waals surface area contributed by atoms with Crippen molar-refractivity contribution in [1.82, 2.24) is 5.32 Å². The lowest BCUT2D eigenvalue weighted by Gasteiger charge is -2.23. The molecule has 0 saturated carbocycles. The summed E-state index contributed by atoms with van der Waals surface area (Å²) in [7, 11) is 0. The van der Waals surface area contributed by atoms with E-state index in [1.54, 1.807) is 11.3 Å². The van der Waals surface area contributed by atoms with E-state index in [4.69, 9.17) is 4.74 Å². The van der Waals surface area contributed by atoms with Gasteiger partial charge in [-0.25, -0.2) is 0 Å². The average Bonchev–Trinajstić information content (AvgIpc) is 2.53. The van der Waals surface area contributed by atoms with Gasteiger partial charge in [-0.1, -0.05) is 0 Å². The number of ether oxygens (including phenoxy) is 1. The molecule has 1 aliphatic rings. The molecule has 1 saturated heterocycles. The highest BCUT2D eigenvalue weighted by Gasteiger charge is 2.17. The van der Waals surface area contributed by atoms with E-state index in [1.807, 2.05) is 0 Å². The zero-order valence-corrected chi connectivity index (χ0v) is 8.95. The Labute approximate surface area is 84.1 Å². The number of hydrogen-bond donors (Lipinski definition) is 1. The summed E-state index contributed by atoms with van der Waals surface area (Å²) in [4.78, 5) is 0. The van der Waals surface area contributed by atoms with Crippen LogP contribution in [0.4, 0.5) is 0 Å². The van der Waals surface area contributed by atoms with Crippen LogP contribution < -0.4 is 5.32 Å². The van der Waals surface area contributed by atoms with E-state index < -0.39 is 0 Å². The summed E-state index contributed by atoms with van der Waals surface area (Å²) < 4.78 is 6.57. The quantitative estimate of drug-likeness (QED) is 0.822. The van der Waals surface area contributed by atoms with Crippen LogP contribution in [0.2, 0.25) is 0 Å². The first-order chi connectivity index (χ1) is 5.88. The molecule has 0 amide bonds. The number of thiophene rings is 1. The first kappa shape index (κ1) is 8.69. The molecule has 0 aromatic carbocycles. The maximum absolute atomic E-state index is 5.38. The Kier molecular flexibility index (Phi) is 2.80. The maximum Gasteiger partial charge on any atom is 0.0662 e. The van der Waals surface area contributed by atoms with Crippen LogP contribution in [-0.2, 0) is 4.74 Å². The van der Waals surface area contributed by atoms with Gasteiger partial charge in [0.1, 0.15) is 0 Å². The Balaban J connectivity index is 2.13. The molecule has 1 aliphatic heterocycles. The van der Waals surface area contributed by atoms with Crippen LogP contribution in [0.1, 0.15) is 11.6 Å². The third-order valence-electron chi connectivity index (χ3n) is 1.94. The molecule has 1 atom stereocenters. The van der Waals surface area contributed by atoms with Crippen molar-refractivity contribution in [1.29, 1.82) is 0 Å². The summed E-state index contributed by atoms with van der Waals surface area (Å²) in [6, 6.07) is 0.374. The van der Waals surface area contributed by atoms with E-state index in [0.29, 0.717) is 6.04 Å². The second-order valence-electron chi connectivity index (χ2n) is 2.76. The molecule has 1 aromatic heterocycles. The predicted octanol–water partition coefficient (Wildman–Crippen LogP) is 2.17. The number of rotatable bonds is 1. The van der Waals surface area contributed by atoms with Gasteiger partial charge in [0.15, 0.2) is 0 Å². The highest BCUT2D eigenvalue weighted by atomic mass is 79.9. The zero-order chi connectivity index (χ0) is 8.39. The van der Waals surface area contributed by atoms with E-state index in [1.165, 1.54) is 10.0 Å². The molecule has 0 unspecified atom stereocenters. The average molecular weight is 248 g/mol. The molecule has 0 bridgehead atoms. The molecular formula is C8H10BrNOS. The molecule has 12 heavy (non-hydrogen) atoms. The largest absolute Gasteiger partial charge is 0.378 e. The van der Waals surface area contributed by atoms with Gasteiger partial charge in [-0.15, -0.1) is 0 Å². The third-order valence-corrected chi connectivity index (χ3v) is 3.69. The lowest BCUT2D eigenvalue weighted by molar-refractivity contribution is 0.0768. The molecule has 4 heteroatoms. The Morgan fingerprint density at radius 2 is 2.50 bits per heavy atom. The highest BCUT2D eigenvalue weighted by molar-refractivity contribution is 9.10. The van der Waals surface area contributed by atoms with Gasteiger partial charge in [0.25, 0.3) is 0 Å². The Bertz CT molecular complexity index is 257. The number of halogens is 1. The van der Waals surface area contributed by atoms with E-state index in [0.717, 1.165) is 19.8 Å². The molecule has 66 valence electrons. The number of morpholine rings is 1. The maximum atomic E-state index is 5.38. The Hall–Kier alpha value is 0.1000. The van der Waals surface area contributed by atoms with Crippen LogP contribution in [-0.4, -0.2) is 19.8 Å². The molecule has 0 aliphatic carbocycles. The van der Waals surface area contributed by atoms with Gasteiger partial charge < -0.3 is 10.1 Å². The predicted molar refractivity (Wildman–Crippen MR) is 53.6 cm³/mol. The van der Waals surface area contributed by atoms with Gasteiger partial charge in [0.05, 0.1) is 19.3 Å². The SMILES string of the molecule is Brc1cscc1[C@@H]1COCCN1. The molecular weight excluding hydrogens is 238 g/mol.